The Morgan fingerprint density at radius 2 is 2.21 bits per heavy atom. The number of rotatable bonds is 2. The SMILES string of the molecule is COC(=O)c1coc(-c2ccco2)c1. The molecule has 0 amide bonds. The van der Waals surface area contributed by atoms with E-state index in [1.807, 2.05) is 0 Å². The van der Waals surface area contributed by atoms with Crippen LogP contribution < -0.4 is 0 Å². The average Bonchev–Trinajstić information content (AvgIpc) is 2.86. The Morgan fingerprint density at radius 3 is 2.86 bits per heavy atom. The molecule has 2 aromatic heterocycles. The van der Waals surface area contributed by atoms with Gasteiger partial charge in [0, 0.05) is 6.07 Å². The minimum atomic E-state index is -0.424. The van der Waals surface area contributed by atoms with Crippen molar-refractivity contribution in [1.82, 2.24) is 0 Å². The molecule has 0 aliphatic heterocycles. The Hall–Kier alpha value is -1.97. The van der Waals surface area contributed by atoms with Gasteiger partial charge in [-0.3, -0.25) is 0 Å². The van der Waals surface area contributed by atoms with Crippen molar-refractivity contribution in [3.05, 3.63) is 36.3 Å². The Bertz CT molecular complexity index is 425. The van der Waals surface area contributed by atoms with Gasteiger partial charge >= 0.3 is 5.97 Å². The molecule has 2 aromatic rings. The molecule has 2 heterocycles. The quantitative estimate of drug-likeness (QED) is 0.685. The van der Waals surface area contributed by atoms with Crippen molar-refractivity contribution in [3.63, 3.8) is 0 Å². The molecular formula is C10H8O4. The van der Waals surface area contributed by atoms with Crippen LogP contribution in [0.5, 0.6) is 0 Å². The van der Waals surface area contributed by atoms with Gasteiger partial charge in [-0.2, -0.15) is 0 Å². The second kappa shape index (κ2) is 3.41. The summed E-state index contributed by atoms with van der Waals surface area (Å²) in [6.07, 6.45) is 2.87. The fraction of sp³-hybridized carbons (Fsp3) is 0.100. The summed E-state index contributed by atoms with van der Waals surface area (Å²) in [5.74, 6) is 0.669. The van der Waals surface area contributed by atoms with Crippen molar-refractivity contribution in [3.8, 4) is 11.5 Å². The molecule has 0 aromatic carbocycles. The van der Waals surface area contributed by atoms with Crippen LogP contribution in [0.1, 0.15) is 10.4 Å². The van der Waals surface area contributed by atoms with Crippen LogP contribution >= 0.6 is 0 Å². The molecule has 72 valence electrons. The number of esters is 1. The van der Waals surface area contributed by atoms with E-state index in [2.05, 4.69) is 4.74 Å². The van der Waals surface area contributed by atoms with Crippen LogP contribution in [0.25, 0.3) is 11.5 Å². The molecule has 0 aliphatic rings. The number of hydrogen-bond acceptors (Lipinski definition) is 4. The van der Waals surface area contributed by atoms with Crippen LogP contribution in [-0.4, -0.2) is 13.1 Å². The van der Waals surface area contributed by atoms with E-state index in [-0.39, 0.29) is 0 Å². The fourth-order valence-corrected chi connectivity index (χ4v) is 1.11. The van der Waals surface area contributed by atoms with E-state index in [1.54, 1.807) is 18.2 Å². The van der Waals surface area contributed by atoms with Gasteiger partial charge in [0.15, 0.2) is 11.5 Å². The van der Waals surface area contributed by atoms with Crippen LogP contribution in [0.3, 0.4) is 0 Å². The first-order chi connectivity index (χ1) is 6.81. The van der Waals surface area contributed by atoms with Crippen LogP contribution in [0.15, 0.2) is 39.6 Å². The molecule has 0 spiro atoms. The van der Waals surface area contributed by atoms with E-state index in [4.69, 9.17) is 8.83 Å². The standard InChI is InChI=1S/C10H8O4/c1-12-10(11)7-5-9(14-6-7)8-3-2-4-13-8/h2-6H,1H3. The third kappa shape index (κ3) is 1.42. The fourth-order valence-electron chi connectivity index (χ4n) is 1.11. The molecule has 0 aliphatic carbocycles. The van der Waals surface area contributed by atoms with E-state index in [1.165, 1.54) is 19.6 Å². The van der Waals surface area contributed by atoms with Gasteiger partial charge in [0.1, 0.15) is 6.26 Å². The molecule has 4 nitrogen and oxygen atoms in total. The van der Waals surface area contributed by atoms with Crippen molar-refractivity contribution in [2.75, 3.05) is 7.11 Å². The van der Waals surface area contributed by atoms with Crippen molar-refractivity contribution in [1.29, 1.82) is 0 Å². The Morgan fingerprint density at radius 1 is 1.36 bits per heavy atom. The monoisotopic (exact) mass is 192 g/mol. The molecule has 0 atom stereocenters. The zero-order valence-corrected chi connectivity index (χ0v) is 7.52. The third-order valence-electron chi connectivity index (χ3n) is 1.78. The first kappa shape index (κ1) is 8.62. The van der Waals surface area contributed by atoms with Crippen molar-refractivity contribution in [2.45, 2.75) is 0 Å². The van der Waals surface area contributed by atoms with Crippen LogP contribution in [0, 0.1) is 0 Å². The highest BCUT2D eigenvalue weighted by Crippen LogP contribution is 2.22. The molecule has 0 saturated heterocycles. The first-order valence-electron chi connectivity index (χ1n) is 4.02. The number of furan rings is 2. The Labute approximate surface area is 80.1 Å². The minimum absolute atomic E-state index is 0.374. The largest absolute Gasteiger partial charge is 0.465 e. The third-order valence-corrected chi connectivity index (χ3v) is 1.78. The zero-order chi connectivity index (χ0) is 9.97. The molecule has 0 fully saturated rings. The summed E-state index contributed by atoms with van der Waals surface area (Å²) in [6.45, 7) is 0. The van der Waals surface area contributed by atoms with Crippen LogP contribution in [0.2, 0.25) is 0 Å². The first-order valence-corrected chi connectivity index (χ1v) is 4.02. The second-order valence-electron chi connectivity index (χ2n) is 2.67. The maximum atomic E-state index is 11.1. The van der Waals surface area contributed by atoms with Gasteiger partial charge in [0.2, 0.25) is 0 Å². The predicted molar refractivity (Wildman–Crippen MR) is 47.7 cm³/mol. The van der Waals surface area contributed by atoms with E-state index >= 15 is 0 Å². The van der Waals surface area contributed by atoms with Gasteiger partial charge < -0.3 is 13.6 Å². The van der Waals surface area contributed by atoms with Gasteiger partial charge in [-0.05, 0) is 12.1 Å². The van der Waals surface area contributed by atoms with Crippen LogP contribution in [-0.2, 0) is 4.74 Å². The number of methoxy groups -OCH3 is 1. The topological polar surface area (TPSA) is 52.6 Å². The molecule has 0 radical (unpaired) electrons. The lowest BCUT2D eigenvalue weighted by molar-refractivity contribution is 0.0600. The van der Waals surface area contributed by atoms with Gasteiger partial charge in [-0.1, -0.05) is 0 Å². The minimum Gasteiger partial charge on any atom is -0.465 e. The summed E-state index contributed by atoms with van der Waals surface area (Å²) in [6, 6.07) is 5.07. The maximum absolute atomic E-state index is 11.1. The lowest BCUT2D eigenvalue weighted by atomic mass is 10.3. The van der Waals surface area contributed by atoms with E-state index in [0.717, 1.165) is 0 Å². The highest BCUT2D eigenvalue weighted by Gasteiger charge is 2.12. The highest BCUT2D eigenvalue weighted by atomic mass is 16.5. The summed E-state index contributed by atoms with van der Waals surface area (Å²) in [5, 5.41) is 0. The van der Waals surface area contributed by atoms with Crippen molar-refractivity contribution >= 4 is 5.97 Å². The van der Waals surface area contributed by atoms with E-state index < -0.39 is 5.97 Å². The van der Waals surface area contributed by atoms with Gasteiger partial charge in [0.05, 0.1) is 18.9 Å². The molecule has 2 rings (SSSR count). The molecule has 14 heavy (non-hydrogen) atoms. The predicted octanol–water partition coefficient (Wildman–Crippen LogP) is 2.33. The number of carbonyl (C=O) groups excluding carboxylic acids is 1. The number of hydrogen-bond donors (Lipinski definition) is 0. The molecule has 0 unspecified atom stereocenters. The molecule has 0 saturated carbocycles. The normalized spacial score (nSPS) is 10.1. The molecule has 0 N–H and O–H groups in total. The van der Waals surface area contributed by atoms with E-state index in [0.29, 0.717) is 17.1 Å². The smallest absolute Gasteiger partial charge is 0.341 e. The Kier molecular flexibility index (Phi) is 2.10. The molecule has 0 bridgehead atoms. The van der Waals surface area contributed by atoms with E-state index in [9.17, 15) is 4.79 Å². The van der Waals surface area contributed by atoms with Crippen molar-refractivity contribution in [2.24, 2.45) is 0 Å². The van der Waals surface area contributed by atoms with Gasteiger partial charge in [0.25, 0.3) is 0 Å². The zero-order valence-electron chi connectivity index (χ0n) is 7.52. The molecule has 4 heteroatoms. The van der Waals surface area contributed by atoms with Gasteiger partial charge in [-0.25, -0.2) is 4.79 Å². The second-order valence-corrected chi connectivity index (χ2v) is 2.67. The van der Waals surface area contributed by atoms with Crippen LogP contribution in [0.4, 0.5) is 0 Å². The lowest BCUT2D eigenvalue weighted by Crippen LogP contribution is -1.97. The lowest BCUT2D eigenvalue weighted by Gasteiger charge is -1.90. The number of ether oxygens (including phenoxy) is 1. The summed E-state index contributed by atoms with van der Waals surface area (Å²) < 4.78 is 14.8. The summed E-state index contributed by atoms with van der Waals surface area (Å²) in [7, 11) is 1.32. The summed E-state index contributed by atoms with van der Waals surface area (Å²) in [5.41, 5.74) is 0.374. The van der Waals surface area contributed by atoms with Gasteiger partial charge in [-0.15, -0.1) is 0 Å². The molecular weight excluding hydrogens is 184 g/mol. The summed E-state index contributed by atoms with van der Waals surface area (Å²) >= 11 is 0. The van der Waals surface area contributed by atoms with Crippen molar-refractivity contribution < 1.29 is 18.4 Å². The average molecular weight is 192 g/mol. The summed E-state index contributed by atoms with van der Waals surface area (Å²) in [4.78, 5) is 11.1. The Balaban J connectivity index is 2.31. The number of carbonyl (C=O) groups is 1. The highest BCUT2D eigenvalue weighted by molar-refractivity contribution is 5.90. The maximum Gasteiger partial charge on any atom is 0.341 e.